The molecule has 2 rings (SSSR count). The predicted octanol–water partition coefficient (Wildman–Crippen LogP) is 2.64. The average Bonchev–Trinajstić information content (AvgIpc) is 2.79. The summed E-state index contributed by atoms with van der Waals surface area (Å²) in [6.07, 6.45) is 0.957. The average molecular weight is 445 g/mol. The molecule has 7 nitrogen and oxygen atoms in total. The van der Waals surface area contributed by atoms with Crippen molar-refractivity contribution in [2.24, 2.45) is 4.99 Å². The summed E-state index contributed by atoms with van der Waals surface area (Å²) >= 11 is 0. The van der Waals surface area contributed by atoms with E-state index in [1.165, 1.54) is 12.1 Å². The number of nitrogens with zero attached hydrogens (tertiary/aromatic N) is 2. The van der Waals surface area contributed by atoms with Crippen molar-refractivity contribution in [1.82, 2.24) is 15.5 Å². The fourth-order valence-electron chi connectivity index (χ4n) is 3.16. The summed E-state index contributed by atoms with van der Waals surface area (Å²) in [5.41, 5.74) is 1.78. The Bertz CT molecular complexity index is 905. The van der Waals surface area contributed by atoms with Gasteiger partial charge in [0, 0.05) is 26.7 Å². The van der Waals surface area contributed by atoms with E-state index in [0.29, 0.717) is 30.2 Å². The van der Waals surface area contributed by atoms with E-state index in [1.807, 2.05) is 32.2 Å². The Morgan fingerprint density at radius 3 is 2.53 bits per heavy atom. The molecule has 32 heavy (non-hydrogen) atoms. The number of nitrogens with one attached hydrogen (secondary N) is 2. The van der Waals surface area contributed by atoms with E-state index in [4.69, 9.17) is 9.47 Å². The molecular formula is C24H33FN4O3. The maximum absolute atomic E-state index is 13.2. The number of ether oxygens (including phenoxy) is 2. The van der Waals surface area contributed by atoms with Crippen LogP contribution in [0.25, 0.3) is 0 Å². The first-order valence-electron chi connectivity index (χ1n) is 10.7. The number of amides is 1. The van der Waals surface area contributed by atoms with Crippen LogP contribution in [0.15, 0.2) is 47.5 Å². The Balaban J connectivity index is 1.83. The third-order valence-corrected chi connectivity index (χ3v) is 4.83. The van der Waals surface area contributed by atoms with Crippen molar-refractivity contribution in [2.45, 2.75) is 19.8 Å². The minimum Gasteiger partial charge on any atom is -0.493 e. The number of methoxy groups -OCH3 is 2. The van der Waals surface area contributed by atoms with E-state index in [-0.39, 0.29) is 18.1 Å². The highest BCUT2D eigenvalue weighted by Crippen LogP contribution is 2.27. The number of rotatable bonds is 11. The molecule has 2 aromatic rings. The topological polar surface area (TPSA) is 75.2 Å². The molecule has 0 unspecified atom stereocenters. The van der Waals surface area contributed by atoms with Crippen LogP contribution in [-0.2, 0) is 17.6 Å². The van der Waals surface area contributed by atoms with Gasteiger partial charge in [0.1, 0.15) is 5.82 Å². The number of hydrogen-bond acceptors (Lipinski definition) is 4. The number of likely N-dealkylation sites (N-methyl/N-ethyl adjacent to an activating group) is 1. The lowest BCUT2D eigenvalue weighted by molar-refractivity contribution is -0.120. The highest BCUT2D eigenvalue weighted by molar-refractivity contribution is 5.80. The summed E-state index contributed by atoms with van der Waals surface area (Å²) in [7, 11) is 5.22. The van der Waals surface area contributed by atoms with Gasteiger partial charge in [-0.25, -0.2) is 4.39 Å². The molecular weight excluding hydrogens is 411 g/mol. The predicted molar refractivity (Wildman–Crippen MR) is 125 cm³/mol. The van der Waals surface area contributed by atoms with Gasteiger partial charge in [0.15, 0.2) is 17.5 Å². The Kier molecular flexibility index (Phi) is 10.3. The molecule has 2 aromatic carbocycles. The summed E-state index contributed by atoms with van der Waals surface area (Å²) in [6.45, 7) is 4.36. The van der Waals surface area contributed by atoms with Gasteiger partial charge in [-0.05, 0) is 48.7 Å². The van der Waals surface area contributed by atoms with Crippen molar-refractivity contribution in [3.05, 3.63) is 59.4 Å². The Morgan fingerprint density at radius 1 is 1.06 bits per heavy atom. The van der Waals surface area contributed by atoms with E-state index in [0.717, 1.165) is 31.0 Å². The van der Waals surface area contributed by atoms with Crippen LogP contribution < -0.4 is 20.1 Å². The highest BCUT2D eigenvalue weighted by Gasteiger charge is 2.09. The monoisotopic (exact) mass is 444 g/mol. The molecule has 0 spiro atoms. The van der Waals surface area contributed by atoms with Gasteiger partial charge in [0.05, 0.1) is 27.2 Å². The Hall–Kier alpha value is -3.29. The lowest BCUT2D eigenvalue weighted by Crippen LogP contribution is -2.40. The quantitative estimate of drug-likeness (QED) is 0.317. The molecule has 8 heteroatoms. The van der Waals surface area contributed by atoms with E-state index in [1.54, 1.807) is 26.4 Å². The molecule has 2 N–H and O–H groups in total. The van der Waals surface area contributed by atoms with Gasteiger partial charge in [-0.3, -0.25) is 9.79 Å². The molecule has 0 aliphatic rings. The summed E-state index contributed by atoms with van der Waals surface area (Å²) < 4.78 is 23.9. The number of benzene rings is 2. The van der Waals surface area contributed by atoms with Gasteiger partial charge in [0.25, 0.3) is 0 Å². The lowest BCUT2D eigenvalue weighted by atomic mass is 10.1. The van der Waals surface area contributed by atoms with Crippen molar-refractivity contribution in [2.75, 3.05) is 47.4 Å². The molecule has 0 bridgehead atoms. The summed E-state index contributed by atoms with van der Waals surface area (Å²) in [4.78, 5) is 18.7. The van der Waals surface area contributed by atoms with Crippen LogP contribution >= 0.6 is 0 Å². The standard InChI is InChI=1S/C24H33FN4O3/c1-5-26-24(28-13-12-27-23(30)17-19-7-6-8-20(25)15-19)29(2)14-11-18-9-10-21(31-3)22(16-18)32-4/h6-10,15-16H,5,11-14,17H2,1-4H3,(H,26,28)(H,27,30). The molecule has 0 radical (unpaired) electrons. The molecule has 0 heterocycles. The number of carbonyl (C=O) groups excluding carboxylic acids is 1. The summed E-state index contributed by atoms with van der Waals surface area (Å²) in [6, 6.07) is 12.0. The third kappa shape index (κ3) is 8.09. The molecule has 0 aliphatic heterocycles. The van der Waals surface area contributed by atoms with Crippen molar-refractivity contribution in [3.8, 4) is 11.5 Å². The number of aliphatic imine (C=N–C) groups is 1. The second-order valence-corrected chi connectivity index (χ2v) is 7.25. The van der Waals surface area contributed by atoms with Crippen molar-refractivity contribution in [3.63, 3.8) is 0 Å². The van der Waals surface area contributed by atoms with E-state index < -0.39 is 0 Å². The first kappa shape index (κ1) is 25.0. The first-order chi connectivity index (χ1) is 15.5. The van der Waals surface area contributed by atoms with Crippen LogP contribution in [0.1, 0.15) is 18.1 Å². The van der Waals surface area contributed by atoms with Crippen LogP contribution in [0.3, 0.4) is 0 Å². The van der Waals surface area contributed by atoms with E-state index in [9.17, 15) is 9.18 Å². The van der Waals surface area contributed by atoms with Gasteiger partial charge in [-0.15, -0.1) is 0 Å². The van der Waals surface area contributed by atoms with Crippen molar-refractivity contribution in [1.29, 1.82) is 0 Å². The highest BCUT2D eigenvalue weighted by atomic mass is 19.1. The zero-order chi connectivity index (χ0) is 23.3. The minimum atomic E-state index is -0.341. The second kappa shape index (κ2) is 13.2. The third-order valence-electron chi connectivity index (χ3n) is 4.83. The van der Waals surface area contributed by atoms with Crippen molar-refractivity contribution >= 4 is 11.9 Å². The number of halogens is 1. The fourth-order valence-corrected chi connectivity index (χ4v) is 3.16. The van der Waals surface area contributed by atoms with Crippen LogP contribution in [-0.4, -0.2) is 64.2 Å². The Labute approximate surface area is 189 Å². The summed E-state index contributed by atoms with van der Waals surface area (Å²) in [5, 5.41) is 6.10. The smallest absolute Gasteiger partial charge is 0.224 e. The molecule has 0 fully saturated rings. The van der Waals surface area contributed by atoms with Crippen molar-refractivity contribution < 1.29 is 18.7 Å². The lowest BCUT2D eigenvalue weighted by Gasteiger charge is -2.22. The number of carbonyl (C=O) groups is 1. The summed E-state index contributed by atoms with van der Waals surface area (Å²) in [5.74, 6) is 1.69. The molecule has 0 aliphatic carbocycles. The molecule has 0 aromatic heterocycles. The largest absolute Gasteiger partial charge is 0.493 e. The minimum absolute atomic E-state index is 0.146. The maximum atomic E-state index is 13.2. The van der Waals surface area contributed by atoms with Gasteiger partial charge in [-0.1, -0.05) is 18.2 Å². The molecule has 0 saturated carbocycles. The Morgan fingerprint density at radius 2 is 1.84 bits per heavy atom. The van der Waals surface area contributed by atoms with Gasteiger partial charge >= 0.3 is 0 Å². The zero-order valence-electron chi connectivity index (χ0n) is 19.3. The van der Waals surface area contributed by atoms with Gasteiger partial charge < -0.3 is 25.0 Å². The van der Waals surface area contributed by atoms with Crippen LogP contribution in [0, 0.1) is 5.82 Å². The fraction of sp³-hybridized carbons (Fsp3) is 0.417. The van der Waals surface area contributed by atoms with E-state index >= 15 is 0 Å². The molecule has 1 amide bonds. The zero-order valence-corrected chi connectivity index (χ0v) is 19.3. The first-order valence-corrected chi connectivity index (χ1v) is 10.7. The molecule has 0 atom stereocenters. The number of guanidine groups is 1. The SMILES string of the molecule is CCNC(=NCCNC(=O)Cc1cccc(F)c1)N(C)CCc1ccc(OC)c(OC)c1. The van der Waals surface area contributed by atoms with Gasteiger partial charge in [-0.2, -0.15) is 0 Å². The van der Waals surface area contributed by atoms with Gasteiger partial charge in [0.2, 0.25) is 5.91 Å². The number of hydrogen-bond donors (Lipinski definition) is 2. The molecule has 174 valence electrons. The second-order valence-electron chi connectivity index (χ2n) is 7.25. The normalized spacial score (nSPS) is 11.1. The van der Waals surface area contributed by atoms with Crippen LogP contribution in [0.2, 0.25) is 0 Å². The van der Waals surface area contributed by atoms with E-state index in [2.05, 4.69) is 20.5 Å². The van der Waals surface area contributed by atoms with Crippen LogP contribution in [0.5, 0.6) is 11.5 Å². The maximum Gasteiger partial charge on any atom is 0.224 e. The molecule has 0 saturated heterocycles. The van der Waals surface area contributed by atoms with Crippen LogP contribution in [0.4, 0.5) is 4.39 Å².